The molecule has 2 unspecified atom stereocenters. The van der Waals surface area contributed by atoms with Crippen molar-refractivity contribution in [3.63, 3.8) is 0 Å². The first kappa shape index (κ1) is 8.78. The molecule has 2 aromatic carbocycles. The van der Waals surface area contributed by atoms with Gasteiger partial charge in [0.1, 0.15) is 5.75 Å². The van der Waals surface area contributed by atoms with Crippen LogP contribution < -0.4 is 0 Å². The van der Waals surface area contributed by atoms with E-state index in [-0.39, 0.29) is 0 Å². The van der Waals surface area contributed by atoms with Gasteiger partial charge in [-0.25, -0.2) is 0 Å². The minimum atomic E-state index is 0.385. The Balaban J connectivity index is 2.48. The van der Waals surface area contributed by atoms with Crippen molar-refractivity contribution in [1.29, 1.82) is 0 Å². The number of hydrogen-bond acceptors (Lipinski definition) is 1. The fourth-order valence-electron chi connectivity index (χ4n) is 2.75. The van der Waals surface area contributed by atoms with E-state index in [9.17, 15) is 5.11 Å². The van der Waals surface area contributed by atoms with Crippen molar-refractivity contribution in [3.8, 4) is 5.75 Å². The topological polar surface area (TPSA) is 20.2 Å². The molecule has 1 nitrogen and oxygen atoms in total. The van der Waals surface area contributed by atoms with Gasteiger partial charge in [0.15, 0.2) is 0 Å². The van der Waals surface area contributed by atoms with Crippen LogP contribution in [0.4, 0.5) is 0 Å². The second kappa shape index (κ2) is 2.75. The Kier molecular flexibility index (Phi) is 1.61. The average molecular weight is 198 g/mol. The number of phenols is 1. The number of aromatic hydroxyl groups is 1. The van der Waals surface area contributed by atoms with E-state index in [1.54, 1.807) is 0 Å². The molecule has 0 saturated heterocycles. The van der Waals surface area contributed by atoms with Gasteiger partial charge < -0.3 is 5.11 Å². The Bertz CT molecular complexity index is 542. The molecule has 15 heavy (non-hydrogen) atoms. The quantitative estimate of drug-likeness (QED) is 0.683. The van der Waals surface area contributed by atoms with Crippen molar-refractivity contribution < 1.29 is 5.11 Å². The molecule has 1 N–H and O–H groups in total. The lowest BCUT2D eigenvalue weighted by Crippen LogP contribution is -1.95. The Morgan fingerprint density at radius 2 is 1.73 bits per heavy atom. The normalized spacial score (nSPS) is 23.6. The van der Waals surface area contributed by atoms with Crippen LogP contribution in [0.3, 0.4) is 0 Å². The highest BCUT2D eigenvalue weighted by atomic mass is 16.3. The lowest BCUT2D eigenvalue weighted by Gasteiger charge is -2.10. The molecule has 2 atom stereocenters. The van der Waals surface area contributed by atoms with Crippen LogP contribution in [0, 0.1) is 0 Å². The van der Waals surface area contributed by atoms with Crippen molar-refractivity contribution in [2.75, 3.05) is 0 Å². The fraction of sp³-hybridized carbons (Fsp3) is 0.286. The second-order valence-electron chi connectivity index (χ2n) is 4.56. The summed E-state index contributed by atoms with van der Waals surface area (Å²) in [5, 5.41) is 12.2. The van der Waals surface area contributed by atoms with Crippen molar-refractivity contribution in [3.05, 3.63) is 41.5 Å². The summed E-state index contributed by atoms with van der Waals surface area (Å²) >= 11 is 0. The maximum Gasteiger partial charge on any atom is 0.116 e. The van der Waals surface area contributed by atoms with Crippen LogP contribution in [0.2, 0.25) is 0 Å². The molecule has 0 bridgehead atoms. The Hall–Kier alpha value is -1.50. The minimum absolute atomic E-state index is 0.385. The molecular weight excluding hydrogens is 184 g/mol. The molecule has 2 aromatic rings. The van der Waals surface area contributed by atoms with Gasteiger partial charge in [-0.05, 0) is 45.9 Å². The van der Waals surface area contributed by atoms with Crippen molar-refractivity contribution >= 4 is 10.8 Å². The van der Waals surface area contributed by atoms with Gasteiger partial charge in [-0.15, -0.1) is 0 Å². The van der Waals surface area contributed by atoms with E-state index in [1.165, 1.54) is 21.9 Å². The van der Waals surface area contributed by atoms with Crippen LogP contribution in [-0.4, -0.2) is 5.11 Å². The molecule has 0 heterocycles. The van der Waals surface area contributed by atoms with Gasteiger partial charge >= 0.3 is 0 Å². The van der Waals surface area contributed by atoms with Crippen molar-refractivity contribution in [2.24, 2.45) is 0 Å². The van der Waals surface area contributed by atoms with Gasteiger partial charge in [0.25, 0.3) is 0 Å². The standard InChI is InChI=1S/C14H14O/c1-8-9(2)13-7-11(15)6-10-4-3-5-12(8)14(10)13/h3-9,15H,1-2H3. The SMILES string of the molecule is CC1c2cccc3cc(O)cc(c23)C1C. The van der Waals surface area contributed by atoms with E-state index in [4.69, 9.17) is 0 Å². The lowest BCUT2D eigenvalue weighted by atomic mass is 9.94. The molecule has 1 heteroatoms. The zero-order valence-corrected chi connectivity index (χ0v) is 8.99. The summed E-state index contributed by atoms with van der Waals surface area (Å²) in [6.45, 7) is 4.50. The van der Waals surface area contributed by atoms with E-state index in [1.807, 2.05) is 12.1 Å². The highest BCUT2D eigenvalue weighted by Crippen LogP contribution is 2.47. The van der Waals surface area contributed by atoms with Crippen LogP contribution in [0.1, 0.15) is 36.8 Å². The first-order valence-electron chi connectivity index (χ1n) is 5.44. The highest BCUT2D eigenvalue weighted by Gasteiger charge is 2.28. The molecular formula is C14H14O. The largest absolute Gasteiger partial charge is 0.508 e. The zero-order valence-electron chi connectivity index (χ0n) is 8.99. The molecule has 0 aromatic heterocycles. The van der Waals surface area contributed by atoms with Crippen LogP contribution in [0.25, 0.3) is 10.8 Å². The van der Waals surface area contributed by atoms with Gasteiger partial charge in [-0.2, -0.15) is 0 Å². The molecule has 1 aliphatic carbocycles. The van der Waals surface area contributed by atoms with Gasteiger partial charge in [-0.3, -0.25) is 0 Å². The maximum atomic E-state index is 9.67. The third kappa shape index (κ3) is 1.03. The molecule has 0 aliphatic heterocycles. The first-order valence-corrected chi connectivity index (χ1v) is 5.44. The molecule has 0 saturated carbocycles. The average Bonchev–Trinajstić information content (AvgIpc) is 2.46. The number of rotatable bonds is 0. The van der Waals surface area contributed by atoms with Crippen LogP contribution >= 0.6 is 0 Å². The molecule has 1 aliphatic rings. The molecule has 0 radical (unpaired) electrons. The molecule has 0 spiro atoms. The summed E-state index contributed by atoms with van der Waals surface area (Å²) in [5.41, 5.74) is 2.73. The van der Waals surface area contributed by atoms with E-state index >= 15 is 0 Å². The third-order valence-electron chi connectivity index (χ3n) is 3.76. The van der Waals surface area contributed by atoms with Gasteiger partial charge in [-0.1, -0.05) is 32.0 Å². The van der Waals surface area contributed by atoms with E-state index in [0.29, 0.717) is 17.6 Å². The van der Waals surface area contributed by atoms with E-state index in [0.717, 1.165) is 0 Å². The fourth-order valence-corrected chi connectivity index (χ4v) is 2.75. The second-order valence-corrected chi connectivity index (χ2v) is 4.56. The van der Waals surface area contributed by atoms with Crippen LogP contribution in [-0.2, 0) is 0 Å². The monoisotopic (exact) mass is 198 g/mol. The predicted molar refractivity (Wildman–Crippen MR) is 62.4 cm³/mol. The summed E-state index contributed by atoms with van der Waals surface area (Å²) in [6.07, 6.45) is 0. The Morgan fingerprint density at radius 1 is 1.00 bits per heavy atom. The van der Waals surface area contributed by atoms with Crippen LogP contribution in [0.15, 0.2) is 30.3 Å². The lowest BCUT2D eigenvalue weighted by molar-refractivity contribution is 0.474. The maximum absolute atomic E-state index is 9.67. The smallest absolute Gasteiger partial charge is 0.116 e. The summed E-state index contributed by atoms with van der Waals surface area (Å²) in [4.78, 5) is 0. The van der Waals surface area contributed by atoms with Gasteiger partial charge in [0.05, 0.1) is 0 Å². The summed E-state index contributed by atoms with van der Waals surface area (Å²) in [7, 11) is 0. The first-order chi connectivity index (χ1) is 7.18. The Labute approximate surface area is 89.4 Å². The zero-order chi connectivity index (χ0) is 10.6. The Morgan fingerprint density at radius 3 is 2.53 bits per heavy atom. The van der Waals surface area contributed by atoms with Crippen molar-refractivity contribution in [1.82, 2.24) is 0 Å². The summed E-state index contributed by atoms with van der Waals surface area (Å²) in [5.74, 6) is 1.46. The van der Waals surface area contributed by atoms with Gasteiger partial charge in [0.2, 0.25) is 0 Å². The van der Waals surface area contributed by atoms with Gasteiger partial charge in [0, 0.05) is 0 Å². The molecule has 0 amide bonds. The van der Waals surface area contributed by atoms with E-state index in [2.05, 4.69) is 32.0 Å². The van der Waals surface area contributed by atoms with E-state index < -0.39 is 0 Å². The summed E-state index contributed by atoms with van der Waals surface area (Å²) < 4.78 is 0. The highest BCUT2D eigenvalue weighted by molar-refractivity contribution is 5.93. The molecule has 0 fully saturated rings. The predicted octanol–water partition coefficient (Wildman–Crippen LogP) is 3.77. The van der Waals surface area contributed by atoms with Crippen LogP contribution in [0.5, 0.6) is 5.75 Å². The molecule has 3 rings (SSSR count). The van der Waals surface area contributed by atoms with Crippen molar-refractivity contribution in [2.45, 2.75) is 25.7 Å². The number of hydrogen-bond donors (Lipinski definition) is 1. The third-order valence-corrected chi connectivity index (χ3v) is 3.76. The minimum Gasteiger partial charge on any atom is -0.508 e. The number of benzene rings is 2. The molecule has 76 valence electrons. The number of phenolic OH excluding ortho intramolecular Hbond substituents is 1. The summed E-state index contributed by atoms with van der Waals surface area (Å²) in [6, 6.07) is 10.1.